The summed E-state index contributed by atoms with van der Waals surface area (Å²) in [6, 6.07) is 1.60. The number of fused-ring (bicyclic) bond motifs is 2. The van der Waals surface area contributed by atoms with Crippen molar-refractivity contribution < 1.29 is 49.4 Å². The molecule has 116 valence electrons. The number of aryl methyl sites for hydroxylation is 2. The number of aliphatic hydroxyl groups excluding tert-OH is 1. The van der Waals surface area contributed by atoms with E-state index in [9.17, 15) is 19.8 Å². The smallest absolute Gasteiger partial charge is 0.543 e. The minimum Gasteiger partial charge on any atom is -0.543 e. The molecule has 0 saturated carbocycles. The molecule has 4 heterocycles. The molecule has 1 saturated heterocycles. The van der Waals surface area contributed by atoms with Gasteiger partial charge in [0.2, 0.25) is 5.91 Å². The van der Waals surface area contributed by atoms with Crippen molar-refractivity contribution in [1.29, 1.82) is 0 Å². The molecule has 0 aromatic carbocycles. The molecule has 3 aliphatic rings. The van der Waals surface area contributed by atoms with E-state index in [0.717, 1.165) is 25.1 Å². The van der Waals surface area contributed by atoms with Gasteiger partial charge in [-0.05, 0) is 32.3 Å². The predicted molar refractivity (Wildman–Crippen MR) is 72.9 cm³/mol. The van der Waals surface area contributed by atoms with Gasteiger partial charge in [0.1, 0.15) is 0 Å². The van der Waals surface area contributed by atoms with Crippen LogP contribution >= 0.6 is 0 Å². The molecule has 8 heteroatoms. The fourth-order valence-electron chi connectivity index (χ4n) is 3.90. The van der Waals surface area contributed by atoms with Crippen LogP contribution in [-0.4, -0.2) is 43.8 Å². The van der Waals surface area contributed by atoms with Crippen LogP contribution in [0.2, 0.25) is 0 Å². The van der Waals surface area contributed by atoms with E-state index >= 15 is 0 Å². The molecule has 0 aliphatic carbocycles. The maximum absolute atomic E-state index is 12.1. The minimum atomic E-state index is -1.36. The van der Waals surface area contributed by atoms with Gasteiger partial charge in [-0.1, -0.05) is 0 Å². The van der Waals surface area contributed by atoms with Crippen LogP contribution in [0.5, 0.6) is 0 Å². The van der Waals surface area contributed by atoms with E-state index in [1.165, 1.54) is 4.90 Å². The zero-order valence-electron chi connectivity index (χ0n) is 13.2. The third-order valence-corrected chi connectivity index (χ3v) is 4.90. The van der Waals surface area contributed by atoms with E-state index in [1.807, 2.05) is 10.7 Å². The van der Waals surface area contributed by atoms with Gasteiger partial charge in [-0.15, -0.1) is 0 Å². The Morgan fingerprint density at radius 3 is 2.87 bits per heavy atom. The van der Waals surface area contributed by atoms with E-state index in [-0.39, 0.29) is 47.2 Å². The molecule has 1 N–H and O–H groups in total. The SMILES string of the molecule is C[C@@H](O)[C@H]1C(=O)N2C(C(=O)[O-])=C(c3cc4n(n3)CCC4)C[C@H]12.[Na+]. The Kier molecular flexibility index (Phi) is 4.16. The Morgan fingerprint density at radius 2 is 2.26 bits per heavy atom. The number of carbonyl (C=O) groups excluding carboxylic acids is 2. The summed E-state index contributed by atoms with van der Waals surface area (Å²) in [5.74, 6) is -2.25. The summed E-state index contributed by atoms with van der Waals surface area (Å²) < 4.78 is 1.89. The molecule has 0 unspecified atom stereocenters. The van der Waals surface area contributed by atoms with Gasteiger partial charge in [-0.25, -0.2) is 0 Å². The standard InChI is InChI=1S/C15H17N3O4.Na/c1-7(19)12-11-6-9(13(15(21)22)18(11)14(12)20)10-5-8-3-2-4-17(8)16-10;/h5,7,11-12,19H,2-4,6H2,1H3,(H,21,22);/q;+1/p-1/t7-,11-,12-;/m1./s1. The molecule has 23 heavy (non-hydrogen) atoms. The second-order valence-electron chi connectivity index (χ2n) is 6.21. The molecule has 3 atom stereocenters. The number of carboxylic acids is 1. The molecule has 0 spiro atoms. The quantitative estimate of drug-likeness (QED) is 0.450. The van der Waals surface area contributed by atoms with E-state index in [1.54, 1.807) is 6.92 Å². The summed E-state index contributed by atoms with van der Waals surface area (Å²) in [7, 11) is 0. The maximum Gasteiger partial charge on any atom is 1.00 e. The van der Waals surface area contributed by atoms with Gasteiger partial charge in [0.15, 0.2) is 0 Å². The monoisotopic (exact) mass is 325 g/mol. The van der Waals surface area contributed by atoms with E-state index in [2.05, 4.69) is 5.10 Å². The second-order valence-corrected chi connectivity index (χ2v) is 6.21. The van der Waals surface area contributed by atoms with Gasteiger partial charge in [0.25, 0.3) is 0 Å². The summed E-state index contributed by atoms with van der Waals surface area (Å²) in [5.41, 5.74) is 2.17. The number of nitrogens with zero attached hydrogens (tertiary/aromatic N) is 3. The van der Waals surface area contributed by atoms with Crippen LogP contribution in [-0.2, 0) is 22.6 Å². The summed E-state index contributed by atoms with van der Waals surface area (Å²) in [6.45, 7) is 2.40. The number of aliphatic carboxylic acids is 1. The summed E-state index contributed by atoms with van der Waals surface area (Å²) in [4.78, 5) is 24.9. The predicted octanol–water partition coefficient (Wildman–Crippen LogP) is -4.09. The number of β-lactam (4-membered cyclic amide) rings is 1. The molecule has 1 aromatic heterocycles. The summed E-state index contributed by atoms with van der Waals surface area (Å²) in [6.07, 6.45) is 1.60. The van der Waals surface area contributed by atoms with Crippen molar-refractivity contribution >= 4 is 17.4 Å². The Labute approximate surface area is 155 Å². The zero-order chi connectivity index (χ0) is 15.6. The number of rotatable bonds is 3. The van der Waals surface area contributed by atoms with Crippen LogP contribution in [0.1, 0.15) is 31.2 Å². The van der Waals surface area contributed by atoms with Gasteiger partial charge in [0.05, 0.1) is 35.4 Å². The molecule has 0 bridgehead atoms. The van der Waals surface area contributed by atoms with Crippen LogP contribution in [0.15, 0.2) is 11.8 Å². The van der Waals surface area contributed by atoms with Crippen molar-refractivity contribution in [2.75, 3.05) is 0 Å². The van der Waals surface area contributed by atoms with Crippen molar-refractivity contribution in [1.82, 2.24) is 14.7 Å². The van der Waals surface area contributed by atoms with Crippen molar-refractivity contribution in [3.8, 4) is 0 Å². The van der Waals surface area contributed by atoms with Crippen molar-refractivity contribution in [3.05, 3.63) is 23.2 Å². The average molecular weight is 325 g/mol. The number of aromatic nitrogens is 2. The molecular weight excluding hydrogens is 309 g/mol. The van der Waals surface area contributed by atoms with Gasteiger partial charge in [0, 0.05) is 17.8 Å². The van der Waals surface area contributed by atoms with Crippen LogP contribution in [0.3, 0.4) is 0 Å². The maximum atomic E-state index is 12.1. The minimum absolute atomic E-state index is 0. The van der Waals surface area contributed by atoms with Crippen LogP contribution in [0.4, 0.5) is 0 Å². The third kappa shape index (κ3) is 2.29. The zero-order valence-corrected chi connectivity index (χ0v) is 15.2. The molecule has 7 nitrogen and oxygen atoms in total. The molecular formula is C15H16N3NaO4. The first-order valence-electron chi connectivity index (χ1n) is 7.51. The molecule has 1 fully saturated rings. The third-order valence-electron chi connectivity index (χ3n) is 4.90. The first kappa shape index (κ1) is 16.7. The van der Waals surface area contributed by atoms with Gasteiger partial charge < -0.3 is 19.9 Å². The fourth-order valence-corrected chi connectivity index (χ4v) is 3.90. The number of hydrogen-bond donors (Lipinski definition) is 1. The largest absolute Gasteiger partial charge is 1.00 e. The van der Waals surface area contributed by atoms with E-state index in [4.69, 9.17) is 0 Å². The van der Waals surface area contributed by atoms with Crippen LogP contribution in [0, 0.1) is 5.92 Å². The van der Waals surface area contributed by atoms with Gasteiger partial charge >= 0.3 is 29.6 Å². The summed E-state index contributed by atoms with van der Waals surface area (Å²) in [5, 5.41) is 25.7. The first-order valence-corrected chi connectivity index (χ1v) is 7.51. The van der Waals surface area contributed by atoms with Crippen molar-refractivity contribution in [2.45, 2.75) is 44.9 Å². The van der Waals surface area contributed by atoms with Crippen molar-refractivity contribution in [3.63, 3.8) is 0 Å². The molecule has 4 rings (SSSR count). The number of carbonyl (C=O) groups is 2. The number of carboxylic acid groups (broad SMARTS) is 1. The first-order chi connectivity index (χ1) is 10.5. The fraction of sp³-hybridized carbons (Fsp3) is 0.533. The topological polar surface area (TPSA) is 98.5 Å². The van der Waals surface area contributed by atoms with E-state index < -0.39 is 18.0 Å². The van der Waals surface area contributed by atoms with Crippen LogP contribution in [0.25, 0.3) is 5.57 Å². The Morgan fingerprint density at radius 1 is 1.52 bits per heavy atom. The molecule has 1 aromatic rings. The Balaban J connectivity index is 0.00000156. The Bertz CT molecular complexity index is 703. The second kappa shape index (κ2) is 5.73. The van der Waals surface area contributed by atoms with E-state index in [0.29, 0.717) is 17.7 Å². The molecule has 0 radical (unpaired) electrons. The molecule has 3 aliphatic heterocycles. The number of hydrogen-bond acceptors (Lipinski definition) is 5. The number of amides is 1. The normalized spacial score (nSPS) is 26.5. The average Bonchev–Trinajstić information content (AvgIpc) is 3.06. The Hall–Kier alpha value is -1.15. The van der Waals surface area contributed by atoms with Crippen molar-refractivity contribution in [2.24, 2.45) is 5.92 Å². The number of aliphatic hydroxyl groups is 1. The molecule has 1 amide bonds. The van der Waals surface area contributed by atoms with Gasteiger partial charge in [-0.2, -0.15) is 5.10 Å². The van der Waals surface area contributed by atoms with Crippen LogP contribution < -0.4 is 34.7 Å². The summed E-state index contributed by atoms with van der Waals surface area (Å²) >= 11 is 0. The van der Waals surface area contributed by atoms with Gasteiger partial charge in [-0.3, -0.25) is 9.48 Å².